The Balaban J connectivity index is 2.16. The minimum absolute atomic E-state index is 0.218. The Labute approximate surface area is 109 Å². The quantitative estimate of drug-likeness (QED) is 0.831. The molecule has 0 radical (unpaired) electrons. The first-order chi connectivity index (χ1) is 8.58. The Hall–Kier alpha value is -1.95. The molecular formula is C12H14N4OS. The van der Waals surface area contributed by atoms with Crippen molar-refractivity contribution in [2.24, 2.45) is 0 Å². The highest BCUT2D eigenvalue weighted by Crippen LogP contribution is 2.17. The maximum atomic E-state index is 12.0. The van der Waals surface area contributed by atoms with Gasteiger partial charge in [-0.05, 0) is 37.1 Å². The Morgan fingerprint density at radius 3 is 2.78 bits per heavy atom. The summed E-state index contributed by atoms with van der Waals surface area (Å²) in [5, 5.41) is 12.0. The molecule has 5 nitrogen and oxygen atoms in total. The highest BCUT2D eigenvalue weighted by Gasteiger charge is 2.10. The molecule has 0 aliphatic heterocycles. The van der Waals surface area contributed by atoms with Crippen molar-refractivity contribution in [1.29, 1.82) is 0 Å². The van der Waals surface area contributed by atoms with Crippen LogP contribution in [0.5, 0.6) is 0 Å². The van der Waals surface area contributed by atoms with Gasteiger partial charge in [-0.3, -0.25) is 10.1 Å². The van der Waals surface area contributed by atoms with Crippen molar-refractivity contribution in [3.63, 3.8) is 0 Å². The highest BCUT2D eigenvalue weighted by atomic mass is 32.1. The normalized spacial score (nSPS) is 10.3. The van der Waals surface area contributed by atoms with Crippen molar-refractivity contribution in [3.8, 4) is 0 Å². The van der Waals surface area contributed by atoms with Crippen LogP contribution in [0.4, 0.5) is 10.8 Å². The van der Waals surface area contributed by atoms with E-state index in [1.807, 2.05) is 19.9 Å². The van der Waals surface area contributed by atoms with Crippen LogP contribution in [0, 0.1) is 6.92 Å². The molecule has 2 rings (SSSR count). The van der Waals surface area contributed by atoms with E-state index in [0.717, 1.165) is 17.0 Å². The fourth-order valence-corrected chi connectivity index (χ4v) is 2.23. The second-order valence-electron chi connectivity index (χ2n) is 3.94. The number of nitrogen functional groups attached to an aromatic ring is 1. The van der Waals surface area contributed by atoms with Crippen LogP contribution in [0.2, 0.25) is 0 Å². The summed E-state index contributed by atoms with van der Waals surface area (Å²) in [5.41, 5.74) is 7.77. The molecule has 0 aliphatic rings. The molecule has 1 heterocycles. The average Bonchev–Trinajstić information content (AvgIpc) is 2.75. The maximum absolute atomic E-state index is 12.0. The number of carbonyl (C=O) groups is 1. The molecule has 0 saturated carbocycles. The van der Waals surface area contributed by atoms with Crippen LogP contribution in [0.3, 0.4) is 0 Å². The zero-order valence-corrected chi connectivity index (χ0v) is 11.0. The number of nitrogens with zero attached hydrogens (tertiary/aromatic N) is 2. The van der Waals surface area contributed by atoms with Crippen LogP contribution in [-0.2, 0) is 6.42 Å². The van der Waals surface area contributed by atoms with Gasteiger partial charge in [-0.25, -0.2) is 0 Å². The Morgan fingerprint density at radius 2 is 2.17 bits per heavy atom. The molecule has 18 heavy (non-hydrogen) atoms. The number of hydrogen-bond donors (Lipinski definition) is 2. The number of rotatable bonds is 3. The van der Waals surface area contributed by atoms with Crippen molar-refractivity contribution >= 4 is 28.1 Å². The van der Waals surface area contributed by atoms with Gasteiger partial charge in [-0.15, -0.1) is 10.2 Å². The molecule has 6 heteroatoms. The summed E-state index contributed by atoms with van der Waals surface area (Å²) in [4.78, 5) is 12.0. The zero-order chi connectivity index (χ0) is 13.1. The number of carbonyl (C=O) groups excluding carboxylic acids is 1. The van der Waals surface area contributed by atoms with E-state index in [4.69, 9.17) is 5.73 Å². The lowest BCUT2D eigenvalue weighted by Gasteiger charge is -2.04. The molecule has 1 amide bonds. The second-order valence-corrected chi connectivity index (χ2v) is 5.00. The molecule has 0 saturated heterocycles. The fourth-order valence-electron chi connectivity index (χ4n) is 1.56. The van der Waals surface area contributed by atoms with E-state index in [9.17, 15) is 4.79 Å². The van der Waals surface area contributed by atoms with Crippen molar-refractivity contribution in [1.82, 2.24) is 10.2 Å². The van der Waals surface area contributed by atoms with Crippen LogP contribution < -0.4 is 11.1 Å². The molecule has 0 bridgehead atoms. The van der Waals surface area contributed by atoms with Crippen molar-refractivity contribution in [3.05, 3.63) is 34.3 Å². The largest absolute Gasteiger partial charge is 0.399 e. The van der Waals surface area contributed by atoms with Gasteiger partial charge >= 0.3 is 0 Å². The summed E-state index contributed by atoms with van der Waals surface area (Å²) >= 11 is 1.38. The van der Waals surface area contributed by atoms with Gasteiger partial charge in [0.05, 0.1) is 0 Å². The monoisotopic (exact) mass is 262 g/mol. The molecule has 2 aromatic rings. The molecule has 0 spiro atoms. The Morgan fingerprint density at radius 1 is 1.39 bits per heavy atom. The van der Waals surface area contributed by atoms with E-state index >= 15 is 0 Å². The van der Waals surface area contributed by atoms with Crippen LogP contribution >= 0.6 is 11.3 Å². The zero-order valence-electron chi connectivity index (χ0n) is 10.2. The lowest BCUT2D eigenvalue weighted by atomic mass is 10.1. The van der Waals surface area contributed by atoms with Crippen molar-refractivity contribution in [2.75, 3.05) is 11.1 Å². The van der Waals surface area contributed by atoms with E-state index in [-0.39, 0.29) is 5.91 Å². The third-order valence-corrected chi connectivity index (χ3v) is 3.33. The van der Waals surface area contributed by atoms with Gasteiger partial charge in [-0.2, -0.15) is 0 Å². The first kappa shape index (κ1) is 12.5. The second kappa shape index (κ2) is 5.14. The van der Waals surface area contributed by atoms with Gasteiger partial charge < -0.3 is 5.73 Å². The van der Waals surface area contributed by atoms with E-state index in [1.54, 1.807) is 12.1 Å². The standard InChI is InChI=1S/C12H14N4OS/c1-3-10-15-16-12(18-10)14-11(17)8-4-7(2)5-9(13)6-8/h4-6H,3,13H2,1-2H3,(H,14,16,17). The molecule has 1 aromatic heterocycles. The third kappa shape index (κ3) is 2.84. The number of nitrogens with two attached hydrogens (primary N) is 1. The summed E-state index contributed by atoms with van der Waals surface area (Å²) in [6.07, 6.45) is 0.810. The molecule has 94 valence electrons. The number of nitrogens with one attached hydrogen (secondary N) is 1. The predicted molar refractivity (Wildman–Crippen MR) is 72.8 cm³/mol. The topological polar surface area (TPSA) is 80.9 Å². The Bertz CT molecular complexity index is 559. The summed E-state index contributed by atoms with van der Waals surface area (Å²) in [6.45, 7) is 3.89. The molecule has 3 N–H and O–H groups in total. The number of hydrogen-bond acceptors (Lipinski definition) is 5. The van der Waals surface area contributed by atoms with Crippen LogP contribution in [0.1, 0.15) is 27.9 Å². The predicted octanol–water partition coefficient (Wildman–Crippen LogP) is 2.24. The number of aromatic nitrogens is 2. The molecule has 0 unspecified atom stereocenters. The summed E-state index contributed by atoms with van der Waals surface area (Å²) in [7, 11) is 0. The van der Waals surface area contributed by atoms with Gasteiger partial charge in [0.2, 0.25) is 5.13 Å². The lowest BCUT2D eigenvalue weighted by Crippen LogP contribution is -2.12. The first-order valence-corrected chi connectivity index (χ1v) is 6.41. The van der Waals surface area contributed by atoms with Crippen LogP contribution in [-0.4, -0.2) is 16.1 Å². The molecular weight excluding hydrogens is 248 g/mol. The number of benzene rings is 1. The highest BCUT2D eigenvalue weighted by molar-refractivity contribution is 7.15. The number of anilines is 2. The molecule has 0 atom stereocenters. The van der Waals surface area contributed by atoms with Gasteiger partial charge in [0, 0.05) is 11.3 Å². The minimum atomic E-state index is -0.218. The van der Waals surface area contributed by atoms with Gasteiger partial charge in [0.25, 0.3) is 5.91 Å². The maximum Gasteiger partial charge on any atom is 0.257 e. The summed E-state index contributed by atoms with van der Waals surface area (Å²) in [6, 6.07) is 5.24. The van der Waals surface area contributed by atoms with Gasteiger partial charge in [-0.1, -0.05) is 18.3 Å². The Kier molecular flexibility index (Phi) is 3.57. The fraction of sp³-hybridized carbons (Fsp3) is 0.250. The molecule has 0 fully saturated rings. The van der Waals surface area contributed by atoms with Gasteiger partial charge in [0.1, 0.15) is 5.01 Å². The van der Waals surface area contributed by atoms with Crippen molar-refractivity contribution < 1.29 is 4.79 Å². The van der Waals surface area contributed by atoms with E-state index in [2.05, 4.69) is 15.5 Å². The van der Waals surface area contributed by atoms with E-state index < -0.39 is 0 Å². The van der Waals surface area contributed by atoms with Crippen LogP contribution in [0.25, 0.3) is 0 Å². The van der Waals surface area contributed by atoms with Crippen molar-refractivity contribution in [2.45, 2.75) is 20.3 Å². The van der Waals surface area contributed by atoms with Gasteiger partial charge in [0.15, 0.2) is 0 Å². The average molecular weight is 262 g/mol. The smallest absolute Gasteiger partial charge is 0.257 e. The third-order valence-electron chi connectivity index (χ3n) is 2.35. The summed E-state index contributed by atoms with van der Waals surface area (Å²) < 4.78 is 0. The first-order valence-electron chi connectivity index (χ1n) is 5.59. The minimum Gasteiger partial charge on any atom is -0.399 e. The van der Waals surface area contributed by atoms with E-state index in [1.165, 1.54) is 11.3 Å². The lowest BCUT2D eigenvalue weighted by molar-refractivity contribution is 0.102. The SMILES string of the molecule is CCc1nnc(NC(=O)c2cc(C)cc(N)c2)s1. The molecule has 1 aromatic carbocycles. The summed E-state index contributed by atoms with van der Waals surface area (Å²) in [5.74, 6) is -0.218. The number of amides is 1. The van der Waals surface area contributed by atoms with Crippen LogP contribution in [0.15, 0.2) is 18.2 Å². The molecule has 0 aliphatic carbocycles. The number of aryl methyl sites for hydroxylation is 2. The van der Waals surface area contributed by atoms with E-state index in [0.29, 0.717) is 16.4 Å².